The lowest BCUT2D eigenvalue weighted by molar-refractivity contribution is 0.0205. The van der Waals surface area contributed by atoms with Crippen molar-refractivity contribution in [2.45, 2.75) is 32.6 Å². The van der Waals surface area contributed by atoms with Crippen molar-refractivity contribution in [2.24, 2.45) is 10.9 Å². The number of hydrogen-bond donors (Lipinski definition) is 2. The predicted molar refractivity (Wildman–Crippen MR) is 125 cm³/mol. The number of halogens is 1. The van der Waals surface area contributed by atoms with E-state index in [0.29, 0.717) is 12.7 Å². The summed E-state index contributed by atoms with van der Waals surface area (Å²) in [5.74, 6) is 3.17. The number of aliphatic imine (C=N–C) groups is 1. The smallest absolute Gasteiger partial charge is 0.231 e. The number of nitrogens with one attached hydrogen (secondary N) is 2. The second-order valence-electron chi connectivity index (χ2n) is 7.11. The fourth-order valence-corrected chi connectivity index (χ4v) is 3.28. The van der Waals surface area contributed by atoms with Crippen molar-refractivity contribution in [2.75, 3.05) is 52.9 Å². The van der Waals surface area contributed by atoms with Crippen LogP contribution in [0.25, 0.3) is 0 Å². The highest BCUT2D eigenvalue weighted by molar-refractivity contribution is 14.0. The van der Waals surface area contributed by atoms with Gasteiger partial charge in [-0.2, -0.15) is 0 Å². The molecule has 2 N–H and O–H groups in total. The molecule has 0 spiro atoms. The lowest BCUT2D eigenvalue weighted by Gasteiger charge is -2.21. The van der Waals surface area contributed by atoms with Crippen LogP contribution in [-0.4, -0.2) is 58.8 Å². The van der Waals surface area contributed by atoms with E-state index < -0.39 is 0 Å². The molecule has 2 heterocycles. The third-order valence-electron chi connectivity index (χ3n) is 4.90. The van der Waals surface area contributed by atoms with Crippen molar-refractivity contribution in [1.29, 1.82) is 0 Å². The molecule has 1 fully saturated rings. The van der Waals surface area contributed by atoms with Gasteiger partial charge in [-0.15, -0.1) is 24.0 Å². The van der Waals surface area contributed by atoms with Gasteiger partial charge in [-0.05, 0) is 56.2 Å². The van der Waals surface area contributed by atoms with E-state index in [1.54, 1.807) is 0 Å². The number of guanidine groups is 1. The molecule has 2 aliphatic rings. The molecule has 7 nitrogen and oxygen atoms in total. The minimum atomic E-state index is 0. The molecule has 8 heteroatoms. The lowest BCUT2D eigenvalue weighted by Crippen LogP contribution is -2.38. The first kappa shape index (κ1) is 24.0. The molecule has 0 unspecified atom stereocenters. The first-order chi connectivity index (χ1) is 13.8. The Hall–Kier alpha value is -1.26. The molecule has 0 saturated carbocycles. The van der Waals surface area contributed by atoms with Crippen molar-refractivity contribution < 1.29 is 18.9 Å². The van der Waals surface area contributed by atoms with Crippen molar-refractivity contribution in [1.82, 2.24) is 10.6 Å². The minimum absolute atomic E-state index is 0. The van der Waals surface area contributed by atoms with Gasteiger partial charge in [0.25, 0.3) is 0 Å². The first-order valence-electron chi connectivity index (χ1n) is 10.4. The quantitative estimate of drug-likeness (QED) is 0.215. The van der Waals surface area contributed by atoms with Gasteiger partial charge in [0.2, 0.25) is 6.79 Å². The van der Waals surface area contributed by atoms with Crippen LogP contribution in [-0.2, 0) is 15.9 Å². The average Bonchev–Trinajstić information content (AvgIpc) is 3.19. The number of fused-ring (bicyclic) bond motifs is 1. The SMILES string of the molecule is CCNC(=NCCCOCC1CCOCC1)NCCc1ccc2c(c1)OCO2.I. The molecule has 0 aliphatic carbocycles. The summed E-state index contributed by atoms with van der Waals surface area (Å²) in [6, 6.07) is 6.09. The number of ether oxygens (including phenoxy) is 4. The second kappa shape index (κ2) is 13.9. The Labute approximate surface area is 190 Å². The largest absolute Gasteiger partial charge is 0.454 e. The van der Waals surface area contributed by atoms with Crippen LogP contribution in [0.1, 0.15) is 31.7 Å². The Morgan fingerprint density at radius 3 is 2.83 bits per heavy atom. The predicted octanol–water partition coefficient (Wildman–Crippen LogP) is 2.96. The summed E-state index contributed by atoms with van der Waals surface area (Å²) in [5.41, 5.74) is 1.22. The van der Waals surface area contributed by atoms with Gasteiger partial charge in [-0.3, -0.25) is 4.99 Å². The van der Waals surface area contributed by atoms with Crippen molar-refractivity contribution >= 4 is 29.9 Å². The third kappa shape index (κ3) is 8.55. The summed E-state index contributed by atoms with van der Waals surface area (Å²) in [6.45, 7) is 8.16. The molecule has 3 rings (SSSR count). The Morgan fingerprint density at radius 2 is 2.00 bits per heavy atom. The monoisotopic (exact) mass is 519 g/mol. The van der Waals surface area contributed by atoms with Crippen molar-refractivity contribution in [3.05, 3.63) is 23.8 Å². The molecule has 0 bridgehead atoms. The zero-order valence-electron chi connectivity index (χ0n) is 17.3. The van der Waals surface area contributed by atoms with E-state index >= 15 is 0 Å². The molecule has 29 heavy (non-hydrogen) atoms. The highest BCUT2D eigenvalue weighted by Crippen LogP contribution is 2.32. The molecule has 164 valence electrons. The van der Waals surface area contributed by atoms with Crippen LogP contribution in [0.2, 0.25) is 0 Å². The van der Waals surface area contributed by atoms with Gasteiger partial charge in [-0.25, -0.2) is 0 Å². The van der Waals surface area contributed by atoms with Crippen LogP contribution in [0.4, 0.5) is 0 Å². The standard InChI is InChI=1S/C21H33N3O4.HI/c1-2-22-21(23-9-3-11-26-15-18-7-12-25-13-8-18)24-10-6-17-4-5-19-20(14-17)28-16-27-19;/h4-5,14,18H,2-3,6-13,15-16H2,1H3,(H2,22,23,24);1H. The lowest BCUT2D eigenvalue weighted by atomic mass is 10.0. The molecular weight excluding hydrogens is 485 g/mol. The van der Waals surface area contributed by atoms with E-state index in [9.17, 15) is 0 Å². The van der Waals surface area contributed by atoms with E-state index in [2.05, 4.69) is 28.6 Å². The molecule has 1 aromatic rings. The fraction of sp³-hybridized carbons (Fsp3) is 0.667. The number of hydrogen-bond acceptors (Lipinski definition) is 5. The molecule has 0 radical (unpaired) electrons. The summed E-state index contributed by atoms with van der Waals surface area (Å²) in [4.78, 5) is 4.64. The minimum Gasteiger partial charge on any atom is -0.454 e. The molecule has 0 atom stereocenters. The van der Waals surface area contributed by atoms with Gasteiger partial charge in [0.05, 0.1) is 0 Å². The summed E-state index contributed by atoms with van der Waals surface area (Å²) in [7, 11) is 0. The van der Waals surface area contributed by atoms with Gasteiger partial charge in [0, 0.05) is 46.1 Å². The van der Waals surface area contributed by atoms with Crippen LogP contribution >= 0.6 is 24.0 Å². The Balaban J connectivity index is 0.00000300. The maximum atomic E-state index is 5.80. The molecule has 1 saturated heterocycles. The number of nitrogens with zero attached hydrogens (tertiary/aromatic N) is 1. The van der Waals surface area contributed by atoms with E-state index in [0.717, 1.165) is 89.2 Å². The highest BCUT2D eigenvalue weighted by atomic mass is 127. The average molecular weight is 519 g/mol. The maximum absolute atomic E-state index is 5.80. The van der Waals surface area contributed by atoms with Gasteiger partial charge in [0.15, 0.2) is 17.5 Å². The van der Waals surface area contributed by atoms with Gasteiger partial charge >= 0.3 is 0 Å². The van der Waals surface area contributed by atoms with E-state index in [1.807, 2.05) is 12.1 Å². The van der Waals surface area contributed by atoms with E-state index in [-0.39, 0.29) is 24.0 Å². The topological polar surface area (TPSA) is 73.3 Å². The number of rotatable bonds is 10. The van der Waals surface area contributed by atoms with Crippen LogP contribution < -0.4 is 20.1 Å². The van der Waals surface area contributed by atoms with E-state index in [1.165, 1.54) is 5.56 Å². The van der Waals surface area contributed by atoms with Crippen molar-refractivity contribution in [3.8, 4) is 11.5 Å². The second-order valence-corrected chi connectivity index (χ2v) is 7.11. The van der Waals surface area contributed by atoms with Crippen LogP contribution in [0.15, 0.2) is 23.2 Å². The summed E-state index contributed by atoms with van der Waals surface area (Å²) in [6.07, 6.45) is 4.07. The molecule has 1 aromatic carbocycles. The molecule has 0 aromatic heterocycles. The fourth-order valence-electron chi connectivity index (χ4n) is 3.28. The van der Waals surface area contributed by atoms with Crippen molar-refractivity contribution in [3.63, 3.8) is 0 Å². The number of benzene rings is 1. The van der Waals surface area contributed by atoms with Crippen LogP contribution in [0.3, 0.4) is 0 Å². The Bertz CT molecular complexity index is 624. The zero-order chi connectivity index (χ0) is 19.4. The highest BCUT2D eigenvalue weighted by Gasteiger charge is 2.14. The molecular formula is C21H34IN3O4. The summed E-state index contributed by atoms with van der Waals surface area (Å²) < 4.78 is 22.0. The van der Waals surface area contributed by atoms with Crippen LogP contribution in [0.5, 0.6) is 11.5 Å². The van der Waals surface area contributed by atoms with Gasteiger partial charge in [-0.1, -0.05) is 6.07 Å². The first-order valence-corrected chi connectivity index (χ1v) is 10.4. The van der Waals surface area contributed by atoms with Crippen LogP contribution in [0, 0.1) is 5.92 Å². The van der Waals surface area contributed by atoms with E-state index in [4.69, 9.17) is 18.9 Å². The maximum Gasteiger partial charge on any atom is 0.231 e. The zero-order valence-corrected chi connectivity index (χ0v) is 19.6. The summed E-state index contributed by atoms with van der Waals surface area (Å²) >= 11 is 0. The normalized spacial score (nSPS) is 16.4. The Kier molecular flexibility index (Phi) is 11.5. The molecule has 0 amide bonds. The third-order valence-corrected chi connectivity index (χ3v) is 4.90. The molecule has 2 aliphatic heterocycles. The summed E-state index contributed by atoms with van der Waals surface area (Å²) in [5, 5.41) is 6.68. The Morgan fingerprint density at radius 1 is 1.17 bits per heavy atom. The van der Waals surface area contributed by atoms with Gasteiger partial charge < -0.3 is 29.6 Å². The van der Waals surface area contributed by atoms with Gasteiger partial charge in [0.1, 0.15) is 0 Å².